The number of hydrogen-bond acceptors (Lipinski definition) is 4. The van der Waals surface area contributed by atoms with Crippen molar-refractivity contribution in [2.45, 2.75) is 59.4 Å². The Morgan fingerprint density at radius 1 is 1.00 bits per heavy atom. The quantitative estimate of drug-likeness (QED) is 0.527. The molecular formula is C12H21O4Ti. The van der Waals surface area contributed by atoms with E-state index in [1.165, 1.54) is 20.5 Å². The molecule has 1 radical (unpaired) electrons. The summed E-state index contributed by atoms with van der Waals surface area (Å²) in [6.07, 6.45) is -0.339. The molecule has 0 aliphatic heterocycles. The summed E-state index contributed by atoms with van der Waals surface area (Å²) in [4.78, 5) is 23.2. The van der Waals surface area contributed by atoms with E-state index >= 15 is 0 Å². The molecule has 0 saturated heterocycles. The first-order chi connectivity index (χ1) is 7.22. The van der Waals surface area contributed by atoms with Crippen LogP contribution < -0.4 is 0 Å². The monoisotopic (exact) mass is 277 g/mol. The average molecular weight is 277 g/mol. The van der Waals surface area contributed by atoms with Crippen LogP contribution in [0.1, 0.15) is 41.5 Å². The molecule has 0 aromatic heterocycles. The number of carbonyl (C=O) groups excluding carboxylic acids is 2. The van der Waals surface area contributed by atoms with Gasteiger partial charge >= 0.3 is 0 Å². The molecule has 0 aliphatic carbocycles. The van der Waals surface area contributed by atoms with Gasteiger partial charge < -0.3 is 9.47 Å². The number of rotatable bonds is 7. The van der Waals surface area contributed by atoms with E-state index in [1.807, 2.05) is 13.8 Å². The topological polar surface area (TPSA) is 52.6 Å². The minimum atomic E-state index is -1.57. The van der Waals surface area contributed by atoms with Crippen molar-refractivity contribution in [1.82, 2.24) is 0 Å². The molecule has 0 spiro atoms. The number of ketones is 2. The Labute approximate surface area is 118 Å². The number of hydrogen-bond donors (Lipinski definition) is 0. The summed E-state index contributed by atoms with van der Waals surface area (Å²) in [5, 5.41) is 0. The molecule has 0 aliphatic rings. The molecule has 0 aromatic rings. The van der Waals surface area contributed by atoms with Gasteiger partial charge in [0.2, 0.25) is 5.60 Å². The Morgan fingerprint density at radius 2 is 1.41 bits per heavy atom. The fourth-order valence-corrected chi connectivity index (χ4v) is 1.21. The van der Waals surface area contributed by atoms with Crippen molar-refractivity contribution in [3.8, 4) is 0 Å². The summed E-state index contributed by atoms with van der Waals surface area (Å²) in [5.41, 5.74) is -1.57. The van der Waals surface area contributed by atoms with Crippen LogP contribution in [0.4, 0.5) is 0 Å². The molecule has 97 valence electrons. The van der Waals surface area contributed by atoms with Gasteiger partial charge in [0.1, 0.15) is 6.61 Å². The smallest absolute Gasteiger partial charge is 0.212 e. The van der Waals surface area contributed by atoms with E-state index in [4.69, 9.17) is 9.47 Å². The molecule has 5 heteroatoms. The Bertz CT molecular complexity index is 247. The first kappa shape index (κ1) is 19.3. The van der Waals surface area contributed by atoms with Crippen LogP contribution in [0, 0.1) is 6.61 Å². The average Bonchev–Trinajstić information content (AvgIpc) is 2.10. The Hall–Kier alpha value is -0.0257. The minimum absolute atomic E-state index is 0. The van der Waals surface area contributed by atoms with Crippen LogP contribution in [0.15, 0.2) is 0 Å². The molecule has 0 aromatic carbocycles. The molecule has 0 fully saturated rings. The van der Waals surface area contributed by atoms with Gasteiger partial charge in [0.25, 0.3) is 0 Å². The van der Waals surface area contributed by atoms with E-state index in [0.29, 0.717) is 0 Å². The van der Waals surface area contributed by atoms with Crippen LogP contribution in [0.2, 0.25) is 0 Å². The van der Waals surface area contributed by atoms with E-state index in [9.17, 15) is 9.59 Å². The molecule has 0 unspecified atom stereocenters. The largest absolute Gasteiger partial charge is 0.369 e. The van der Waals surface area contributed by atoms with Gasteiger partial charge in [0.15, 0.2) is 11.6 Å². The third-order valence-electron chi connectivity index (χ3n) is 1.97. The van der Waals surface area contributed by atoms with Crippen LogP contribution in [-0.2, 0) is 40.8 Å². The van der Waals surface area contributed by atoms with Crippen molar-refractivity contribution in [1.29, 1.82) is 0 Å². The van der Waals surface area contributed by atoms with Crippen molar-refractivity contribution >= 4 is 11.6 Å². The van der Waals surface area contributed by atoms with Crippen molar-refractivity contribution in [3.05, 3.63) is 6.61 Å². The van der Waals surface area contributed by atoms with Gasteiger partial charge in [-0.25, -0.2) is 0 Å². The Morgan fingerprint density at radius 3 is 1.65 bits per heavy atom. The molecule has 0 bridgehead atoms. The molecule has 0 rings (SSSR count). The van der Waals surface area contributed by atoms with E-state index in [1.54, 1.807) is 13.8 Å². The van der Waals surface area contributed by atoms with Gasteiger partial charge in [-0.15, -0.1) is 0 Å². The normalized spacial score (nSPS) is 11.5. The van der Waals surface area contributed by atoms with Gasteiger partial charge in [-0.1, -0.05) is 0 Å². The molecule has 4 nitrogen and oxygen atoms in total. The first-order valence-corrected chi connectivity index (χ1v) is 5.42. The maximum Gasteiger partial charge on any atom is 0.212 e. The summed E-state index contributed by atoms with van der Waals surface area (Å²) in [6.45, 7) is 11.0. The maximum absolute atomic E-state index is 11.6. The number of carbonyl (C=O) groups is 2. The van der Waals surface area contributed by atoms with E-state index < -0.39 is 5.60 Å². The summed E-state index contributed by atoms with van der Waals surface area (Å²) >= 11 is 0. The van der Waals surface area contributed by atoms with Crippen LogP contribution in [0.25, 0.3) is 0 Å². The van der Waals surface area contributed by atoms with Gasteiger partial charge in [-0.05, 0) is 41.5 Å². The van der Waals surface area contributed by atoms with Crippen molar-refractivity contribution in [2.75, 3.05) is 0 Å². The number of ether oxygens (including phenoxy) is 2. The zero-order chi connectivity index (χ0) is 12.9. The van der Waals surface area contributed by atoms with E-state index in [2.05, 4.69) is 0 Å². The molecule has 0 saturated carbocycles. The third-order valence-corrected chi connectivity index (χ3v) is 1.97. The standard InChI is InChI=1S/C12H21O4.Ti/c1-8(2)15-7-12(10(5)13,11(6)14)16-9(3)4;/h7-9H,1-6H3;. The summed E-state index contributed by atoms with van der Waals surface area (Å²) in [7, 11) is 0. The van der Waals surface area contributed by atoms with E-state index in [0.717, 1.165) is 0 Å². The van der Waals surface area contributed by atoms with Crippen LogP contribution in [-0.4, -0.2) is 29.4 Å². The van der Waals surface area contributed by atoms with Crippen LogP contribution in [0.5, 0.6) is 0 Å². The molecule has 0 atom stereocenters. The second-order valence-corrected chi connectivity index (χ2v) is 4.32. The molecule has 17 heavy (non-hydrogen) atoms. The zero-order valence-electron chi connectivity index (χ0n) is 11.4. The third kappa shape index (κ3) is 5.91. The summed E-state index contributed by atoms with van der Waals surface area (Å²) < 4.78 is 10.7. The van der Waals surface area contributed by atoms with Crippen molar-refractivity contribution in [3.63, 3.8) is 0 Å². The number of Topliss-reactive ketones (excluding diaryl/α,β-unsaturated/α-hetero) is 2. The second kappa shape index (κ2) is 8.14. The maximum atomic E-state index is 11.6. The predicted octanol–water partition coefficient (Wildman–Crippen LogP) is 1.91. The van der Waals surface area contributed by atoms with Crippen molar-refractivity contribution < 1.29 is 40.8 Å². The Kier molecular flexibility index (Phi) is 9.25. The van der Waals surface area contributed by atoms with Crippen LogP contribution >= 0.6 is 0 Å². The molecule has 0 N–H and O–H groups in total. The van der Waals surface area contributed by atoms with Gasteiger partial charge in [0.05, 0.1) is 12.2 Å². The predicted molar refractivity (Wildman–Crippen MR) is 60.8 cm³/mol. The molecular weight excluding hydrogens is 256 g/mol. The molecule has 0 heterocycles. The van der Waals surface area contributed by atoms with Crippen LogP contribution in [0.3, 0.4) is 0 Å². The van der Waals surface area contributed by atoms with E-state index in [-0.39, 0.29) is 45.5 Å². The fourth-order valence-electron chi connectivity index (χ4n) is 1.21. The van der Waals surface area contributed by atoms with Gasteiger partial charge in [-0.2, -0.15) is 0 Å². The summed E-state index contributed by atoms with van der Waals surface area (Å²) in [5.74, 6) is -0.733. The SMILES string of the molecule is CC(=O)C([CH]OC(C)C)(OC(C)C)C(C)=O.[Ti]. The minimum Gasteiger partial charge on any atom is -0.369 e. The Balaban J connectivity index is 0. The fraction of sp³-hybridized carbons (Fsp3) is 0.750. The first-order valence-electron chi connectivity index (χ1n) is 5.42. The summed E-state index contributed by atoms with van der Waals surface area (Å²) in [6, 6.07) is 0. The van der Waals surface area contributed by atoms with Gasteiger partial charge in [0, 0.05) is 21.7 Å². The van der Waals surface area contributed by atoms with Gasteiger partial charge in [-0.3, -0.25) is 9.59 Å². The zero-order valence-corrected chi connectivity index (χ0v) is 12.9. The molecule has 0 amide bonds. The van der Waals surface area contributed by atoms with Crippen molar-refractivity contribution in [2.24, 2.45) is 0 Å². The second-order valence-electron chi connectivity index (χ2n) is 4.32.